The Morgan fingerprint density at radius 2 is 1.92 bits per heavy atom. The molecule has 1 aromatic rings. The van der Waals surface area contributed by atoms with Gasteiger partial charge in [0.15, 0.2) is 0 Å². The molecule has 1 aliphatic carbocycles. The normalized spacial score (nSPS) is 21.9. The summed E-state index contributed by atoms with van der Waals surface area (Å²) in [6.45, 7) is 1.85. The van der Waals surface area contributed by atoms with E-state index in [1.807, 2.05) is 6.08 Å². The number of rotatable bonds is 2. The van der Waals surface area contributed by atoms with Gasteiger partial charge in [-0.15, -0.1) is 0 Å². The average molecular weight is 340 g/mol. The zero-order chi connectivity index (χ0) is 17.2. The van der Waals surface area contributed by atoms with Crippen LogP contribution >= 0.6 is 0 Å². The van der Waals surface area contributed by atoms with Gasteiger partial charge in [-0.05, 0) is 25.3 Å². The van der Waals surface area contributed by atoms with E-state index in [-0.39, 0.29) is 17.8 Å². The highest BCUT2D eigenvalue weighted by molar-refractivity contribution is 5.79. The fourth-order valence-electron chi connectivity index (χ4n) is 3.06. The van der Waals surface area contributed by atoms with Gasteiger partial charge in [-0.25, -0.2) is 9.97 Å². The zero-order valence-electron chi connectivity index (χ0n) is 13.2. The number of aromatic nitrogens is 2. The van der Waals surface area contributed by atoms with Crippen molar-refractivity contribution < 1.29 is 18.0 Å². The monoisotopic (exact) mass is 340 g/mol. The van der Waals surface area contributed by atoms with E-state index in [0.717, 1.165) is 31.5 Å². The topological polar surface area (TPSA) is 49.3 Å². The van der Waals surface area contributed by atoms with Gasteiger partial charge in [-0.1, -0.05) is 12.2 Å². The number of hydrogen-bond donors (Lipinski definition) is 0. The summed E-state index contributed by atoms with van der Waals surface area (Å²) >= 11 is 0. The van der Waals surface area contributed by atoms with Crippen LogP contribution in [0.15, 0.2) is 24.4 Å². The number of hydrogen-bond acceptors (Lipinski definition) is 4. The van der Waals surface area contributed by atoms with Crippen LogP contribution in [0, 0.1) is 5.92 Å². The Bertz CT molecular complexity index is 624. The number of allylic oxidation sites excluding steroid dienone is 2. The van der Waals surface area contributed by atoms with Crippen molar-refractivity contribution in [2.45, 2.75) is 25.4 Å². The number of nitrogens with zero attached hydrogens (tertiary/aromatic N) is 4. The Balaban J connectivity index is 1.61. The third-order valence-electron chi connectivity index (χ3n) is 4.43. The molecule has 1 atom stereocenters. The Morgan fingerprint density at radius 1 is 1.17 bits per heavy atom. The molecule has 5 nitrogen and oxygen atoms in total. The molecule has 3 rings (SSSR count). The van der Waals surface area contributed by atoms with Crippen molar-refractivity contribution in [2.24, 2.45) is 5.92 Å². The van der Waals surface area contributed by atoms with Crippen molar-refractivity contribution in [1.82, 2.24) is 14.9 Å². The van der Waals surface area contributed by atoms with Crippen LogP contribution in [0.4, 0.5) is 19.1 Å². The van der Waals surface area contributed by atoms with E-state index >= 15 is 0 Å². The second-order valence-electron chi connectivity index (χ2n) is 6.03. The van der Waals surface area contributed by atoms with Crippen molar-refractivity contribution >= 4 is 11.9 Å². The van der Waals surface area contributed by atoms with Gasteiger partial charge >= 0.3 is 6.18 Å². The summed E-state index contributed by atoms with van der Waals surface area (Å²) in [4.78, 5) is 23.5. The molecule has 2 heterocycles. The van der Waals surface area contributed by atoms with Gasteiger partial charge < -0.3 is 9.80 Å². The van der Waals surface area contributed by atoms with Crippen LogP contribution in [0.25, 0.3) is 0 Å². The predicted octanol–water partition coefficient (Wildman–Crippen LogP) is 2.50. The van der Waals surface area contributed by atoms with Gasteiger partial charge in [0.1, 0.15) is 5.69 Å². The smallest absolute Gasteiger partial charge is 0.339 e. The molecular formula is C16H19F3N4O. The summed E-state index contributed by atoms with van der Waals surface area (Å²) in [5.41, 5.74) is -0.944. The van der Waals surface area contributed by atoms with E-state index in [4.69, 9.17) is 0 Å². The van der Waals surface area contributed by atoms with Gasteiger partial charge in [-0.2, -0.15) is 13.2 Å². The maximum atomic E-state index is 12.7. The van der Waals surface area contributed by atoms with Crippen molar-refractivity contribution in [3.05, 3.63) is 30.1 Å². The quantitative estimate of drug-likeness (QED) is 0.776. The maximum absolute atomic E-state index is 12.7. The number of halogens is 3. The molecule has 130 valence electrons. The number of anilines is 1. The van der Waals surface area contributed by atoms with Crippen LogP contribution in [0.3, 0.4) is 0 Å². The molecule has 0 radical (unpaired) electrons. The highest BCUT2D eigenvalue weighted by atomic mass is 19.4. The number of carbonyl (C=O) groups excluding carboxylic acids is 1. The third kappa shape index (κ3) is 3.68. The van der Waals surface area contributed by atoms with E-state index in [0.29, 0.717) is 26.2 Å². The first-order valence-corrected chi connectivity index (χ1v) is 8.04. The van der Waals surface area contributed by atoms with E-state index in [1.165, 1.54) is 0 Å². The number of amides is 1. The lowest BCUT2D eigenvalue weighted by Gasteiger charge is -2.36. The Hall–Kier alpha value is -2.12. The maximum Gasteiger partial charge on any atom is 0.433 e. The first kappa shape index (κ1) is 16.7. The second kappa shape index (κ2) is 6.78. The molecule has 0 unspecified atom stereocenters. The number of piperazine rings is 1. The zero-order valence-corrected chi connectivity index (χ0v) is 13.2. The van der Waals surface area contributed by atoms with E-state index < -0.39 is 11.9 Å². The Morgan fingerprint density at radius 3 is 2.54 bits per heavy atom. The minimum atomic E-state index is -4.48. The summed E-state index contributed by atoms with van der Waals surface area (Å²) in [7, 11) is 0. The molecule has 1 aliphatic heterocycles. The van der Waals surface area contributed by atoms with Gasteiger partial charge in [0.25, 0.3) is 0 Å². The molecule has 24 heavy (non-hydrogen) atoms. The molecule has 0 spiro atoms. The summed E-state index contributed by atoms with van der Waals surface area (Å²) in [6, 6.07) is 0.861. The molecule has 0 aromatic carbocycles. The van der Waals surface area contributed by atoms with Crippen LogP contribution < -0.4 is 4.90 Å². The van der Waals surface area contributed by atoms with Gasteiger partial charge in [-0.3, -0.25) is 4.79 Å². The van der Waals surface area contributed by atoms with E-state index in [2.05, 4.69) is 16.0 Å². The first-order chi connectivity index (χ1) is 11.4. The van der Waals surface area contributed by atoms with Crippen molar-refractivity contribution in [3.63, 3.8) is 0 Å². The molecule has 0 N–H and O–H groups in total. The average Bonchev–Trinajstić information content (AvgIpc) is 2.61. The van der Waals surface area contributed by atoms with Crippen molar-refractivity contribution in [3.8, 4) is 0 Å². The van der Waals surface area contributed by atoms with Gasteiger partial charge in [0.05, 0.1) is 0 Å². The van der Waals surface area contributed by atoms with Crippen LogP contribution in [-0.2, 0) is 11.0 Å². The first-order valence-electron chi connectivity index (χ1n) is 8.04. The second-order valence-corrected chi connectivity index (χ2v) is 6.03. The van der Waals surface area contributed by atoms with Crippen LogP contribution in [0.1, 0.15) is 25.0 Å². The van der Waals surface area contributed by atoms with Crippen molar-refractivity contribution in [2.75, 3.05) is 31.1 Å². The molecular weight excluding hydrogens is 321 g/mol. The summed E-state index contributed by atoms with van der Waals surface area (Å²) in [6.07, 6.45) is 3.34. The Kier molecular flexibility index (Phi) is 4.73. The van der Waals surface area contributed by atoms with Gasteiger partial charge in [0, 0.05) is 38.3 Å². The lowest BCUT2D eigenvalue weighted by atomic mass is 9.93. The van der Waals surface area contributed by atoms with E-state index in [1.54, 1.807) is 9.80 Å². The van der Waals surface area contributed by atoms with Gasteiger partial charge in [0.2, 0.25) is 11.9 Å². The lowest BCUT2D eigenvalue weighted by molar-refractivity contribution is -0.141. The molecule has 1 aromatic heterocycles. The summed E-state index contributed by atoms with van der Waals surface area (Å²) < 4.78 is 38.2. The fourth-order valence-corrected chi connectivity index (χ4v) is 3.06. The molecule has 1 saturated heterocycles. The summed E-state index contributed by atoms with van der Waals surface area (Å²) in [5, 5.41) is 0. The van der Waals surface area contributed by atoms with Crippen LogP contribution in [-0.4, -0.2) is 47.0 Å². The molecule has 0 saturated carbocycles. The standard InChI is InChI=1S/C16H19F3N4O/c17-16(18,19)13-6-7-20-15(21-13)23-10-8-22(9-11-23)14(24)12-4-2-1-3-5-12/h1-2,6-7,12H,3-5,8-11H2/t12-/m0/s1. The molecule has 0 bridgehead atoms. The molecule has 1 amide bonds. The van der Waals surface area contributed by atoms with Crippen LogP contribution in [0.5, 0.6) is 0 Å². The summed E-state index contributed by atoms with van der Waals surface area (Å²) in [5.74, 6) is 0.243. The minimum absolute atomic E-state index is 0.0337. The molecule has 2 aliphatic rings. The molecule has 1 fully saturated rings. The highest BCUT2D eigenvalue weighted by Gasteiger charge is 2.34. The third-order valence-corrected chi connectivity index (χ3v) is 4.43. The number of carbonyl (C=O) groups is 1. The number of alkyl halides is 3. The van der Waals surface area contributed by atoms with Crippen LogP contribution in [0.2, 0.25) is 0 Å². The SMILES string of the molecule is O=C([C@H]1CC=CCC1)N1CCN(c2nccc(C(F)(F)F)n2)CC1. The molecule has 8 heteroatoms. The Labute approximate surface area is 138 Å². The minimum Gasteiger partial charge on any atom is -0.339 e. The highest BCUT2D eigenvalue weighted by Crippen LogP contribution is 2.28. The fraction of sp³-hybridized carbons (Fsp3) is 0.562. The van der Waals surface area contributed by atoms with Crippen molar-refractivity contribution in [1.29, 1.82) is 0 Å². The lowest BCUT2D eigenvalue weighted by Crippen LogP contribution is -2.51. The largest absolute Gasteiger partial charge is 0.433 e. The predicted molar refractivity (Wildman–Crippen MR) is 82.3 cm³/mol. The van der Waals surface area contributed by atoms with E-state index in [9.17, 15) is 18.0 Å².